The van der Waals surface area contributed by atoms with Gasteiger partial charge in [0.15, 0.2) is 5.82 Å². The quantitative estimate of drug-likeness (QED) is 0.820. The van der Waals surface area contributed by atoms with Gasteiger partial charge in [0.1, 0.15) is 5.82 Å². The predicted molar refractivity (Wildman–Crippen MR) is 64.2 cm³/mol. The van der Waals surface area contributed by atoms with E-state index in [1.807, 2.05) is 0 Å². The summed E-state index contributed by atoms with van der Waals surface area (Å²) in [7, 11) is 1.60. The molecule has 0 unspecified atom stereocenters. The van der Waals surface area contributed by atoms with Crippen LogP contribution in [0.5, 0.6) is 0 Å². The molecule has 0 amide bonds. The van der Waals surface area contributed by atoms with Gasteiger partial charge in [-0.3, -0.25) is 0 Å². The van der Waals surface area contributed by atoms with Crippen LogP contribution in [0.1, 0.15) is 5.56 Å². The molecule has 18 heavy (non-hydrogen) atoms. The van der Waals surface area contributed by atoms with Crippen molar-refractivity contribution in [2.45, 2.75) is 13.5 Å². The Morgan fingerprint density at radius 1 is 1.44 bits per heavy atom. The topological polar surface area (TPSA) is 78.8 Å². The van der Waals surface area contributed by atoms with Gasteiger partial charge in [0.05, 0.1) is 18.8 Å². The molecular weight excluding hydrogens is 237 g/mol. The minimum absolute atomic E-state index is 0.0805. The first kappa shape index (κ1) is 12.4. The molecule has 7 heteroatoms. The lowest BCUT2D eigenvalue weighted by Gasteiger charge is -2.08. The van der Waals surface area contributed by atoms with E-state index in [1.54, 1.807) is 24.8 Å². The van der Waals surface area contributed by atoms with Crippen LogP contribution in [0.4, 0.5) is 10.1 Å². The molecule has 0 aliphatic carbocycles. The van der Waals surface area contributed by atoms with Crippen LogP contribution in [0.15, 0.2) is 12.1 Å². The molecule has 0 fully saturated rings. The van der Waals surface area contributed by atoms with Crippen LogP contribution in [-0.4, -0.2) is 33.9 Å². The number of rotatable bonds is 4. The summed E-state index contributed by atoms with van der Waals surface area (Å²) in [5.74, 6) is 0.114. The fourth-order valence-electron chi connectivity index (χ4n) is 1.66. The maximum atomic E-state index is 13.3. The summed E-state index contributed by atoms with van der Waals surface area (Å²) < 4.78 is 19.9. The van der Waals surface area contributed by atoms with Crippen molar-refractivity contribution in [3.63, 3.8) is 0 Å². The van der Waals surface area contributed by atoms with Crippen LogP contribution in [0.2, 0.25) is 0 Å². The third-order valence-corrected chi connectivity index (χ3v) is 2.62. The third-order valence-electron chi connectivity index (χ3n) is 2.62. The molecule has 96 valence electrons. The molecule has 0 aliphatic heterocycles. The van der Waals surface area contributed by atoms with Crippen molar-refractivity contribution in [2.24, 2.45) is 0 Å². The minimum atomic E-state index is -0.438. The van der Waals surface area contributed by atoms with Gasteiger partial charge in [-0.15, -0.1) is 5.10 Å². The van der Waals surface area contributed by atoms with Crippen molar-refractivity contribution in [3.05, 3.63) is 23.5 Å². The van der Waals surface area contributed by atoms with Crippen molar-refractivity contribution in [1.29, 1.82) is 0 Å². The molecule has 1 heterocycles. The number of hydrogen-bond donors (Lipinski definition) is 1. The second-order valence-electron chi connectivity index (χ2n) is 3.91. The molecule has 1 aromatic heterocycles. The Kier molecular flexibility index (Phi) is 3.52. The number of benzene rings is 1. The van der Waals surface area contributed by atoms with Crippen molar-refractivity contribution in [2.75, 3.05) is 19.5 Å². The first-order valence-corrected chi connectivity index (χ1v) is 5.44. The van der Waals surface area contributed by atoms with Crippen LogP contribution in [0.3, 0.4) is 0 Å². The van der Waals surface area contributed by atoms with E-state index in [0.29, 0.717) is 19.0 Å². The number of nitrogens with zero attached hydrogens (tertiary/aromatic N) is 4. The van der Waals surface area contributed by atoms with E-state index in [9.17, 15) is 4.39 Å². The monoisotopic (exact) mass is 251 g/mol. The molecular formula is C11H14FN5O. The molecule has 6 nitrogen and oxygen atoms in total. The zero-order valence-corrected chi connectivity index (χ0v) is 10.2. The molecule has 0 saturated carbocycles. The number of methoxy groups -OCH3 is 1. The number of hydrogen-bond acceptors (Lipinski definition) is 5. The molecule has 2 N–H and O–H groups in total. The van der Waals surface area contributed by atoms with Crippen molar-refractivity contribution in [1.82, 2.24) is 20.2 Å². The van der Waals surface area contributed by atoms with Crippen LogP contribution in [-0.2, 0) is 11.3 Å². The number of nitrogens with two attached hydrogens (primary N) is 1. The lowest BCUT2D eigenvalue weighted by Crippen LogP contribution is -2.08. The van der Waals surface area contributed by atoms with Crippen LogP contribution in [0.25, 0.3) is 11.4 Å². The zero-order valence-electron chi connectivity index (χ0n) is 10.2. The summed E-state index contributed by atoms with van der Waals surface area (Å²) in [5, 5.41) is 11.4. The van der Waals surface area contributed by atoms with Gasteiger partial charge < -0.3 is 10.5 Å². The van der Waals surface area contributed by atoms with E-state index in [0.717, 1.165) is 11.1 Å². The van der Waals surface area contributed by atoms with Crippen molar-refractivity contribution in [3.8, 4) is 11.4 Å². The van der Waals surface area contributed by atoms with Gasteiger partial charge in [-0.1, -0.05) is 0 Å². The Morgan fingerprint density at radius 3 is 2.94 bits per heavy atom. The number of anilines is 1. The number of aromatic nitrogens is 4. The van der Waals surface area contributed by atoms with Gasteiger partial charge in [0.2, 0.25) is 0 Å². The standard InChI is InChI=1S/C11H14FN5O/c1-7-5-9(12)10(13)6-8(7)11-14-15-16-17(11)3-4-18-2/h5-6H,3-4,13H2,1-2H3. The number of halogens is 1. The Hall–Kier alpha value is -2.02. The zero-order chi connectivity index (χ0) is 13.1. The number of tetrazole rings is 1. The largest absolute Gasteiger partial charge is 0.396 e. The highest BCUT2D eigenvalue weighted by molar-refractivity contribution is 5.65. The first-order chi connectivity index (χ1) is 8.63. The average molecular weight is 251 g/mol. The Morgan fingerprint density at radius 2 is 2.22 bits per heavy atom. The van der Waals surface area contributed by atoms with Crippen molar-refractivity contribution >= 4 is 5.69 Å². The summed E-state index contributed by atoms with van der Waals surface area (Å²) >= 11 is 0. The van der Waals surface area contributed by atoms with Gasteiger partial charge in [-0.05, 0) is 35.0 Å². The molecule has 0 aliphatic rings. The molecule has 0 bridgehead atoms. The van der Waals surface area contributed by atoms with Gasteiger partial charge in [-0.2, -0.15) is 0 Å². The molecule has 2 rings (SSSR count). The molecule has 2 aromatic rings. The van der Waals surface area contributed by atoms with E-state index < -0.39 is 5.82 Å². The smallest absolute Gasteiger partial charge is 0.182 e. The van der Waals surface area contributed by atoms with Gasteiger partial charge in [0, 0.05) is 12.7 Å². The Labute approximate surface area is 104 Å². The summed E-state index contributed by atoms with van der Waals surface area (Å²) in [5.41, 5.74) is 7.10. The number of ether oxygens (including phenoxy) is 1. The van der Waals surface area contributed by atoms with Gasteiger partial charge >= 0.3 is 0 Å². The van der Waals surface area contributed by atoms with Gasteiger partial charge in [-0.25, -0.2) is 9.07 Å². The maximum absolute atomic E-state index is 13.3. The fourth-order valence-corrected chi connectivity index (χ4v) is 1.66. The van der Waals surface area contributed by atoms with E-state index in [-0.39, 0.29) is 5.69 Å². The lowest BCUT2D eigenvalue weighted by molar-refractivity contribution is 0.183. The van der Waals surface area contributed by atoms with Crippen LogP contribution in [0, 0.1) is 12.7 Å². The first-order valence-electron chi connectivity index (χ1n) is 5.44. The molecule has 0 atom stereocenters. The van der Waals surface area contributed by atoms with E-state index in [4.69, 9.17) is 10.5 Å². The van der Waals surface area contributed by atoms with Crippen LogP contribution >= 0.6 is 0 Å². The normalized spacial score (nSPS) is 10.8. The van der Waals surface area contributed by atoms with Crippen LogP contribution < -0.4 is 5.73 Å². The minimum Gasteiger partial charge on any atom is -0.396 e. The summed E-state index contributed by atoms with van der Waals surface area (Å²) in [4.78, 5) is 0. The summed E-state index contributed by atoms with van der Waals surface area (Å²) in [6.45, 7) is 2.80. The number of aryl methyl sites for hydroxylation is 1. The highest BCUT2D eigenvalue weighted by Crippen LogP contribution is 2.25. The summed E-state index contributed by atoms with van der Waals surface area (Å²) in [6, 6.07) is 2.92. The lowest BCUT2D eigenvalue weighted by atomic mass is 10.1. The maximum Gasteiger partial charge on any atom is 0.182 e. The molecule has 0 radical (unpaired) electrons. The predicted octanol–water partition coefficient (Wildman–Crippen LogP) is 1.02. The van der Waals surface area contributed by atoms with E-state index in [2.05, 4.69) is 15.5 Å². The molecule has 0 spiro atoms. The fraction of sp³-hybridized carbons (Fsp3) is 0.364. The summed E-state index contributed by atoms with van der Waals surface area (Å²) in [6.07, 6.45) is 0. The van der Waals surface area contributed by atoms with E-state index in [1.165, 1.54) is 6.07 Å². The van der Waals surface area contributed by atoms with Gasteiger partial charge in [0.25, 0.3) is 0 Å². The molecule has 0 saturated heterocycles. The second kappa shape index (κ2) is 5.09. The Bertz CT molecular complexity index is 554. The average Bonchev–Trinajstić information content (AvgIpc) is 2.79. The van der Waals surface area contributed by atoms with Crippen molar-refractivity contribution < 1.29 is 9.13 Å². The third kappa shape index (κ3) is 2.30. The highest BCUT2D eigenvalue weighted by atomic mass is 19.1. The highest BCUT2D eigenvalue weighted by Gasteiger charge is 2.13. The SMILES string of the molecule is COCCn1nnnc1-c1cc(N)c(F)cc1C. The molecule has 1 aromatic carbocycles. The number of nitrogen functional groups attached to an aromatic ring is 1. The Balaban J connectivity index is 2.42. The van der Waals surface area contributed by atoms with E-state index >= 15 is 0 Å². The second-order valence-corrected chi connectivity index (χ2v) is 3.91.